The second-order valence-corrected chi connectivity index (χ2v) is 7.74. The van der Waals surface area contributed by atoms with Crippen LogP contribution in [-0.2, 0) is 4.74 Å². The van der Waals surface area contributed by atoms with Crippen LogP contribution in [0.1, 0.15) is 59.8 Å². The van der Waals surface area contributed by atoms with E-state index in [9.17, 15) is 5.11 Å². The lowest BCUT2D eigenvalue weighted by molar-refractivity contribution is -0.129. The molecule has 1 heterocycles. The topological polar surface area (TPSA) is 44.7 Å². The maximum absolute atomic E-state index is 9.82. The number of ether oxygens (including phenoxy) is 1. The number of morpholine rings is 1. The maximum Gasteiger partial charge on any atom is 0.0757 e. The fourth-order valence-electron chi connectivity index (χ4n) is 3.65. The van der Waals surface area contributed by atoms with Crippen molar-refractivity contribution in [1.82, 2.24) is 10.2 Å². The molecule has 0 bridgehead atoms. The van der Waals surface area contributed by atoms with E-state index in [1.807, 2.05) is 0 Å². The second-order valence-electron chi connectivity index (χ2n) is 7.74. The zero-order valence-corrected chi connectivity index (χ0v) is 14.3. The molecule has 2 atom stereocenters. The van der Waals surface area contributed by atoms with E-state index in [1.54, 1.807) is 0 Å². The molecule has 1 saturated carbocycles. The van der Waals surface area contributed by atoms with Crippen LogP contribution in [0.3, 0.4) is 0 Å². The summed E-state index contributed by atoms with van der Waals surface area (Å²) in [6.45, 7) is 12.1. The minimum atomic E-state index is -0.0609. The highest BCUT2D eigenvalue weighted by Crippen LogP contribution is 2.27. The van der Waals surface area contributed by atoms with Gasteiger partial charge in [-0.2, -0.15) is 0 Å². The highest BCUT2D eigenvalue weighted by molar-refractivity contribution is 4.94. The molecule has 2 N–H and O–H groups in total. The Morgan fingerprint density at radius 3 is 2.62 bits per heavy atom. The fourth-order valence-corrected chi connectivity index (χ4v) is 3.65. The number of nitrogens with one attached hydrogen (secondary N) is 1. The van der Waals surface area contributed by atoms with Crippen LogP contribution in [0.2, 0.25) is 0 Å². The Morgan fingerprint density at radius 1 is 1.38 bits per heavy atom. The largest absolute Gasteiger partial charge is 0.394 e. The van der Waals surface area contributed by atoms with Gasteiger partial charge in [0.1, 0.15) is 0 Å². The van der Waals surface area contributed by atoms with Crippen molar-refractivity contribution in [2.45, 2.75) is 83.1 Å². The van der Waals surface area contributed by atoms with Crippen LogP contribution in [0.25, 0.3) is 0 Å². The van der Waals surface area contributed by atoms with Crippen molar-refractivity contribution in [2.75, 3.05) is 26.2 Å². The molecule has 21 heavy (non-hydrogen) atoms. The predicted octanol–water partition coefficient (Wildman–Crippen LogP) is 2.16. The molecule has 2 unspecified atom stereocenters. The van der Waals surface area contributed by atoms with Gasteiger partial charge in [-0.25, -0.2) is 0 Å². The Morgan fingerprint density at radius 2 is 2.10 bits per heavy atom. The van der Waals surface area contributed by atoms with Crippen molar-refractivity contribution in [1.29, 1.82) is 0 Å². The molecule has 0 aromatic rings. The normalized spacial score (nSPS) is 29.3. The minimum Gasteiger partial charge on any atom is -0.394 e. The van der Waals surface area contributed by atoms with Crippen LogP contribution >= 0.6 is 0 Å². The molecule has 124 valence electrons. The lowest BCUT2D eigenvalue weighted by Crippen LogP contribution is -2.53. The van der Waals surface area contributed by atoms with Crippen LogP contribution in [0, 0.1) is 0 Å². The van der Waals surface area contributed by atoms with Crippen LogP contribution in [0.4, 0.5) is 0 Å². The van der Waals surface area contributed by atoms with Crippen LogP contribution in [-0.4, -0.2) is 59.5 Å². The van der Waals surface area contributed by atoms with Gasteiger partial charge in [-0.15, -0.1) is 0 Å². The summed E-state index contributed by atoms with van der Waals surface area (Å²) in [4.78, 5) is 2.52. The summed E-state index contributed by atoms with van der Waals surface area (Å²) in [7, 11) is 0. The Kier molecular flexibility index (Phi) is 5.69. The standard InChI is InChI=1S/C17H34N2O2/c1-5-17(13-20,18-15-7-8-15)9-6-10-19-11-14(2)21-16(3,4)12-19/h14-15,18,20H,5-13H2,1-4H3. The van der Waals surface area contributed by atoms with Gasteiger partial charge in [0.05, 0.1) is 18.3 Å². The monoisotopic (exact) mass is 298 g/mol. The van der Waals surface area contributed by atoms with E-state index in [0.29, 0.717) is 12.1 Å². The van der Waals surface area contributed by atoms with E-state index in [1.165, 1.54) is 12.8 Å². The van der Waals surface area contributed by atoms with Crippen molar-refractivity contribution >= 4 is 0 Å². The molecular weight excluding hydrogens is 264 g/mol. The average Bonchev–Trinajstić information content (AvgIpc) is 3.19. The van der Waals surface area contributed by atoms with Crippen molar-refractivity contribution in [3.63, 3.8) is 0 Å². The molecule has 0 aromatic carbocycles. The van der Waals surface area contributed by atoms with E-state index < -0.39 is 0 Å². The molecule has 0 radical (unpaired) electrons. The lowest BCUT2D eigenvalue weighted by atomic mass is 9.90. The summed E-state index contributed by atoms with van der Waals surface area (Å²) in [6, 6.07) is 0.652. The van der Waals surface area contributed by atoms with Crippen LogP contribution in [0.5, 0.6) is 0 Å². The van der Waals surface area contributed by atoms with E-state index in [0.717, 1.165) is 38.9 Å². The van der Waals surface area contributed by atoms with Gasteiger partial charge in [0.25, 0.3) is 0 Å². The number of nitrogens with zero attached hydrogens (tertiary/aromatic N) is 1. The molecule has 1 saturated heterocycles. The van der Waals surface area contributed by atoms with E-state index >= 15 is 0 Å². The molecule has 2 rings (SSSR count). The molecule has 1 aliphatic heterocycles. The minimum absolute atomic E-state index is 0.0389. The van der Waals surface area contributed by atoms with Gasteiger partial charge >= 0.3 is 0 Å². The highest BCUT2D eigenvalue weighted by atomic mass is 16.5. The van der Waals surface area contributed by atoms with E-state index in [2.05, 4.69) is 37.9 Å². The Labute approximate surface area is 130 Å². The van der Waals surface area contributed by atoms with Gasteiger partial charge in [0, 0.05) is 24.7 Å². The molecule has 0 aromatic heterocycles. The number of rotatable bonds is 8. The summed E-state index contributed by atoms with van der Waals surface area (Å²) >= 11 is 0. The first-order valence-electron chi connectivity index (χ1n) is 8.67. The van der Waals surface area contributed by atoms with Crippen molar-refractivity contribution in [3.8, 4) is 0 Å². The van der Waals surface area contributed by atoms with Crippen molar-refractivity contribution < 1.29 is 9.84 Å². The average molecular weight is 298 g/mol. The van der Waals surface area contributed by atoms with Gasteiger partial charge in [-0.3, -0.25) is 4.90 Å². The molecule has 2 fully saturated rings. The molecule has 4 heteroatoms. The quantitative estimate of drug-likeness (QED) is 0.721. The summed E-state index contributed by atoms with van der Waals surface area (Å²) in [5, 5.41) is 13.5. The first-order chi connectivity index (χ1) is 9.88. The molecule has 4 nitrogen and oxygen atoms in total. The molecule has 0 amide bonds. The van der Waals surface area contributed by atoms with Gasteiger partial charge in [0.15, 0.2) is 0 Å². The first kappa shape index (κ1) is 17.2. The fraction of sp³-hybridized carbons (Fsp3) is 1.00. The van der Waals surface area contributed by atoms with Crippen LogP contribution < -0.4 is 5.32 Å². The number of hydrogen-bond donors (Lipinski definition) is 2. The molecule has 2 aliphatic rings. The number of aliphatic hydroxyl groups is 1. The Bertz CT molecular complexity index is 325. The molecule has 0 spiro atoms. The Hall–Kier alpha value is -0.160. The third-order valence-electron chi connectivity index (χ3n) is 4.84. The van der Waals surface area contributed by atoms with Gasteiger partial charge in [-0.05, 0) is 59.4 Å². The highest BCUT2D eigenvalue weighted by Gasteiger charge is 2.35. The summed E-state index contributed by atoms with van der Waals surface area (Å²) < 4.78 is 5.96. The first-order valence-corrected chi connectivity index (χ1v) is 8.67. The van der Waals surface area contributed by atoms with Gasteiger partial charge in [-0.1, -0.05) is 6.92 Å². The molecular formula is C17H34N2O2. The van der Waals surface area contributed by atoms with Crippen LogP contribution in [0.15, 0.2) is 0 Å². The zero-order chi connectivity index (χ0) is 15.5. The second kappa shape index (κ2) is 6.95. The summed E-state index contributed by atoms with van der Waals surface area (Å²) in [5.74, 6) is 0. The smallest absolute Gasteiger partial charge is 0.0757 e. The SMILES string of the molecule is CCC(CO)(CCCN1CC(C)OC(C)(C)C1)NC1CC1. The summed E-state index contributed by atoms with van der Waals surface area (Å²) in [5.41, 5.74) is -0.0999. The van der Waals surface area contributed by atoms with Crippen molar-refractivity contribution in [3.05, 3.63) is 0 Å². The van der Waals surface area contributed by atoms with E-state index in [-0.39, 0.29) is 17.7 Å². The summed E-state index contributed by atoms with van der Waals surface area (Å²) in [6.07, 6.45) is 6.06. The van der Waals surface area contributed by atoms with Crippen molar-refractivity contribution in [2.24, 2.45) is 0 Å². The Balaban J connectivity index is 1.78. The van der Waals surface area contributed by atoms with Gasteiger partial charge in [0.2, 0.25) is 0 Å². The maximum atomic E-state index is 9.82. The van der Waals surface area contributed by atoms with Gasteiger partial charge < -0.3 is 15.2 Å². The zero-order valence-electron chi connectivity index (χ0n) is 14.3. The van der Waals surface area contributed by atoms with E-state index in [4.69, 9.17) is 4.74 Å². The predicted molar refractivity (Wildman–Crippen MR) is 86.6 cm³/mol. The number of aliphatic hydroxyl groups excluding tert-OH is 1. The number of hydrogen-bond acceptors (Lipinski definition) is 4. The molecule has 1 aliphatic carbocycles. The third kappa shape index (κ3) is 5.20. The third-order valence-corrected chi connectivity index (χ3v) is 4.84. The lowest BCUT2D eigenvalue weighted by Gasteiger charge is -2.42.